The zero-order chi connectivity index (χ0) is 19.1. The van der Waals surface area contributed by atoms with Crippen molar-refractivity contribution in [3.8, 4) is 5.75 Å². The molecule has 1 fully saturated rings. The van der Waals surface area contributed by atoms with Crippen molar-refractivity contribution in [3.05, 3.63) is 34.4 Å². The first-order valence-electron chi connectivity index (χ1n) is 8.80. The lowest BCUT2D eigenvalue weighted by Crippen LogP contribution is -2.48. The molecule has 1 aromatic carbocycles. The Labute approximate surface area is 152 Å². The quantitative estimate of drug-likeness (QED) is 0.419. The molecule has 0 radical (unpaired) electrons. The Morgan fingerprint density at radius 3 is 2.77 bits per heavy atom. The third-order valence-corrected chi connectivity index (χ3v) is 4.44. The molecule has 1 aliphatic heterocycles. The van der Waals surface area contributed by atoms with Crippen LogP contribution in [0.25, 0.3) is 0 Å². The van der Waals surface area contributed by atoms with E-state index in [4.69, 9.17) is 9.47 Å². The average molecular weight is 364 g/mol. The number of nitrogens with zero attached hydrogens (tertiary/aromatic N) is 2. The molecule has 0 bridgehead atoms. The zero-order valence-electron chi connectivity index (χ0n) is 15.1. The summed E-state index contributed by atoms with van der Waals surface area (Å²) in [7, 11) is 0. The Morgan fingerprint density at radius 2 is 2.08 bits per heavy atom. The number of carbonyl (C=O) groups excluding carboxylic acids is 2. The molecule has 0 aromatic heterocycles. The third kappa shape index (κ3) is 4.93. The second kappa shape index (κ2) is 9.17. The molecule has 1 saturated heterocycles. The van der Waals surface area contributed by atoms with Crippen LogP contribution < -0.4 is 4.74 Å². The first-order chi connectivity index (χ1) is 12.4. The van der Waals surface area contributed by atoms with Crippen LogP contribution in [0.5, 0.6) is 5.75 Å². The molecule has 1 aliphatic rings. The minimum absolute atomic E-state index is 0.0180. The van der Waals surface area contributed by atoms with Crippen LogP contribution in [0.2, 0.25) is 0 Å². The summed E-state index contributed by atoms with van der Waals surface area (Å²) in [6.45, 7) is 3.74. The summed E-state index contributed by atoms with van der Waals surface area (Å²) >= 11 is 0. The molecule has 0 N–H and O–H groups in total. The number of hydrogen-bond acceptors (Lipinski definition) is 6. The van der Waals surface area contributed by atoms with Crippen LogP contribution >= 0.6 is 0 Å². The Kier molecular flexibility index (Phi) is 6.94. The molecule has 1 amide bonds. The van der Waals surface area contributed by atoms with Crippen LogP contribution in [0.3, 0.4) is 0 Å². The first-order valence-corrected chi connectivity index (χ1v) is 8.80. The predicted molar refractivity (Wildman–Crippen MR) is 93.8 cm³/mol. The van der Waals surface area contributed by atoms with Gasteiger partial charge in [0.05, 0.1) is 4.92 Å². The van der Waals surface area contributed by atoms with Gasteiger partial charge in [-0.05, 0) is 38.7 Å². The molecule has 0 spiro atoms. The highest BCUT2D eigenvalue weighted by Gasteiger charge is 2.30. The minimum atomic E-state index is -0.913. The number of ether oxygens (including phenoxy) is 2. The van der Waals surface area contributed by atoms with Gasteiger partial charge in [0.15, 0.2) is 18.5 Å². The fraction of sp³-hybridized carbons (Fsp3) is 0.556. The SMILES string of the molecule is CCC1CCCCN1C(=O)C(C)OC(=O)COc1ccccc1[N+](=O)[O-]. The maximum Gasteiger partial charge on any atom is 0.344 e. The standard InChI is InChI=1S/C18H24N2O6/c1-3-14-8-6-7-11-19(14)18(22)13(2)26-17(21)12-25-16-10-5-4-9-15(16)20(23)24/h4-5,9-10,13-14H,3,6-8,11-12H2,1-2H3. The van der Waals surface area contributed by atoms with Crippen molar-refractivity contribution in [2.75, 3.05) is 13.2 Å². The number of rotatable bonds is 7. The van der Waals surface area contributed by atoms with Gasteiger partial charge in [-0.1, -0.05) is 19.1 Å². The number of carbonyl (C=O) groups is 2. The van der Waals surface area contributed by atoms with Gasteiger partial charge < -0.3 is 14.4 Å². The first kappa shape index (κ1) is 19.7. The van der Waals surface area contributed by atoms with Crippen LogP contribution in [-0.2, 0) is 14.3 Å². The monoisotopic (exact) mass is 364 g/mol. The van der Waals surface area contributed by atoms with E-state index in [1.165, 1.54) is 25.1 Å². The highest BCUT2D eigenvalue weighted by Crippen LogP contribution is 2.26. The number of para-hydroxylation sites is 2. The van der Waals surface area contributed by atoms with E-state index in [9.17, 15) is 19.7 Å². The highest BCUT2D eigenvalue weighted by atomic mass is 16.6. The van der Waals surface area contributed by atoms with E-state index in [0.29, 0.717) is 6.54 Å². The average Bonchev–Trinajstić information content (AvgIpc) is 2.65. The van der Waals surface area contributed by atoms with Gasteiger partial charge in [0.1, 0.15) is 0 Å². The Hall–Kier alpha value is -2.64. The molecule has 1 heterocycles. The molecule has 8 nitrogen and oxygen atoms in total. The molecule has 0 aliphatic carbocycles. The van der Waals surface area contributed by atoms with Crippen molar-refractivity contribution in [3.63, 3.8) is 0 Å². The summed E-state index contributed by atoms with van der Waals surface area (Å²) in [5.41, 5.74) is -0.233. The second-order valence-electron chi connectivity index (χ2n) is 6.24. The molecular weight excluding hydrogens is 340 g/mol. The summed E-state index contributed by atoms with van der Waals surface area (Å²) in [6.07, 6.45) is 2.96. The number of nitro benzene ring substituents is 1. The van der Waals surface area contributed by atoms with Gasteiger partial charge in [-0.15, -0.1) is 0 Å². The lowest BCUT2D eigenvalue weighted by Gasteiger charge is -2.36. The molecule has 26 heavy (non-hydrogen) atoms. The van der Waals surface area contributed by atoms with Gasteiger partial charge in [-0.2, -0.15) is 0 Å². The molecule has 2 rings (SSSR count). The summed E-state index contributed by atoms with van der Waals surface area (Å²) in [5, 5.41) is 10.9. The fourth-order valence-corrected chi connectivity index (χ4v) is 3.10. The van der Waals surface area contributed by atoms with Crippen molar-refractivity contribution in [2.45, 2.75) is 51.7 Å². The Bertz CT molecular complexity index is 663. The second-order valence-corrected chi connectivity index (χ2v) is 6.24. The van der Waals surface area contributed by atoms with Crippen LogP contribution in [0, 0.1) is 10.1 Å². The van der Waals surface area contributed by atoms with Gasteiger partial charge in [0.2, 0.25) is 0 Å². The summed E-state index contributed by atoms with van der Waals surface area (Å²) in [5.74, 6) is -0.972. The van der Waals surface area contributed by atoms with Gasteiger partial charge in [0, 0.05) is 18.7 Å². The lowest BCUT2D eigenvalue weighted by molar-refractivity contribution is -0.385. The number of esters is 1. The third-order valence-electron chi connectivity index (χ3n) is 4.44. The van der Waals surface area contributed by atoms with Crippen LogP contribution in [-0.4, -0.2) is 47.0 Å². The number of hydrogen-bond donors (Lipinski definition) is 0. The molecular formula is C18H24N2O6. The normalized spacial score (nSPS) is 18.1. The molecule has 2 unspecified atom stereocenters. The van der Waals surface area contributed by atoms with Gasteiger partial charge in [0.25, 0.3) is 5.91 Å². The van der Waals surface area contributed by atoms with E-state index in [1.807, 2.05) is 6.92 Å². The molecule has 8 heteroatoms. The highest BCUT2D eigenvalue weighted by molar-refractivity contribution is 5.84. The predicted octanol–water partition coefficient (Wildman–Crippen LogP) is 2.70. The molecule has 2 atom stereocenters. The lowest BCUT2D eigenvalue weighted by atomic mass is 9.99. The zero-order valence-corrected chi connectivity index (χ0v) is 15.1. The van der Waals surface area contributed by atoms with Gasteiger partial charge in [-0.25, -0.2) is 4.79 Å². The van der Waals surface area contributed by atoms with Crippen LogP contribution in [0.4, 0.5) is 5.69 Å². The number of likely N-dealkylation sites (tertiary alicyclic amines) is 1. The van der Waals surface area contributed by atoms with E-state index >= 15 is 0 Å². The maximum absolute atomic E-state index is 12.5. The number of nitro groups is 1. The van der Waals surface area contributed by atoms with Crippen LogP contribution in [0.1, 0.15) is 39.5 Å². The maximum atomic E-state index is 12.5. The molecule has 0 saturated carbocycles. The van der Waals surface area contributed by atoms with Crippen molar-refractivity contribution in [1.82, 2.24) is 4.90 Å². The van der Waals surface area contributed by atoms with Crippen molar-refractivity contribution in [2.24, 2.45) is 0 Å². The van der Waals surface area contributed by atoms with Crippen molar-refractivity contribution < 1.29 is 24.0 Å². The minimum Gasteiger partial charge on any atom is -0.475 e. The summed E-state index contributed by atoms with van der Waals surface area (Å²) in [4.78, 5) is 36.6. The Balaban J connectivity index is 1.89. The van der Waals surface area contributed by atoms with Crippen molar-refractivity contribution in [1.29, 1.82) is 0 Å². The van der Waals surface area contributed by atoms with E-state index in [2.05, 4.69) is 0 Å². The number of amides is 1. The number of benzene rings is 1. The van der Waals surface area contributed by atoms with E-state index in [-0.39, 0.29) is 23.4 Å². The number of piperidine rings is 1. The van der Waals surface area contributed by atoms with Gasteiger partial charge >= 0.3 is 11.7 Å². The molecule has 142 valence electrons. The van der Waals surface area contributed by atoms with E-state index < -0.39 is 23.6 Å². The topological polar surface area (TPSA) is 99.0 Å². The largest absolute Gasteiger partial charge is 0.475 e. The van der Waals surface area contributed by atoms with Crippen molar-refractivity contribution >= 4 is 17.6 Å². The van der Waals surface area contributed by atoms with Gasteiger partial charge in [-0.3, -0.25) is 14.9 Å². The van der Waals surface area contributed by atoms with E-state index in [1.54, 1.807) is 11.0 Å². The Morgan fingerprint density at radius 1 is 1.35 bits per heavy atom. The van der Waals surface area contributed by atoms with Crippen LogP contribution in [0.15, 0.2) is 24.3 Å². The fourth-order valence-electron chi connectivity index (χ4n) is 3.10. The molecule has 1 aromatic rings. The summed E-state index contributed by atoms with van der Waals surface area (Å²) in [6, 6.07) is 5.95. The smallest absolute Gasteiger partial charge is 0.344 e. The van der Waals surface area contributed by atoms with E-state index in [0.717, 1.165) is 25.7 Å². The summed E-state index contributed by atoms with van der Waals surface area (Å²) < 4.78 is 10.3.